The van der Waals surface area contributed by atoms with Crippen molar-refractivity contribution in [2.24, 2.45) is 5.92 Å². The van der Waals surface area contributed by atoms with Gasteiger partial charge in [0, 0.05) is 6.04 Å². The van der Waals surface area contributed by atoms with E-state index in [9.17, 15) is 14.9 Å². The number of rotatable bonds is 7. The summed E-state index contributed by atoms with van der Waals surface area (Å²) in [7, 11) is 0. The number of nitro groups is 1. The van der Waals surface area contributed by atoms with Gasteiger partial charge in [-0.25, -0.2) is 0 Å². The summed E-state index contributed by atoms with van der Waals surface area (Å²) in [5, 5.41) is 17.9. The Morgan fingerprint density at radius 2 is 1.95 bits per heavy atom. The predicted octanol–water partition coefficient (Wildman–Crippen LogP) is 2.35. The van der Waals surface area contributed by atoms with Crippen molar-refractivity contribution in [1.82, 2.24) is 15.1 Å². The molecule has 1 N–H and O–H groups in total. The van der Waals surface area contributed by atoms with Crippen molar-refractivity contribution in [3.63, 3.8) is 0 Å². The van der Waals surface area contributed by atoms with Crippen LogP contribution < -0.4 is 5.32 Å². The third-order valence-corrected chi connectivity index (χ3v) is 3.40. The van der Waals surface area contributed by atoms with E-state index in [1.54, 1.807) is 13.8 Å². The average Bonchev–Trinajstić information content (AvgIpc) is 2.61. The van der Waals surface area contributed by atoms with Crippen molar-refractivity contribution in [2.75, 3.05) is 0 Å². The molecule has 0 aliphatic rings. The predicted molar refractivity (Wildman–Crippen MR) is 80.0 cm³/mol. The fourth-order valence-corrected chi connectivity index (χ4v) is 2.22. The van der Waals surface area contributed by atoms with E-state index in [0.29, 0.717) is 17.3 Å². The van der Waals surface area contributed by atoms with E-state index in [1.807, 2.05) is 6.92 Å². The van der Waals surface area contributed by atoms with Gasteiger partial charge in [-0.1, -0.05) is 13.8 Å². The lowest BCUT2D eigenvalue weighted by molar-refractivity contribution is -0.386. The van der Waals surface area contributed by atoms with E-state index in [-0.39, 0.29) is 24.2 Å². The minimum absolute atomic E-state index is 0.00648. The summed E-state index contributed by atoms with van der Waals surface area (Å²) in [5.41, 5.74) is 0.719. The van der Waals surface area contributed by atoms with Gasteiger partial charge >= 0.3 is 5.69 Å². The van der Waals surface area contributed by atoms with Gasteiger partial charge in [-0.2, -0.15) is 5.10 Å². The van der Waals surface area contributed by atoms with Crippen molar-refractivity contribution in [3.05, 3.63) is 21.5 Å². The zero-order valence-electron chi connectivity index (χ0n) is 13.3. The monoisotopic (exact) mass is 296 g/mol. The lowest BCUT2D eigenvalue weighted by Crippen LogP contribution is -2.35. The third-order valence-electron chi connectivity index (χ3n) is 3.40. The molecule has 1 aromatic heterocycles. The quantitative estimate of drug-likeness (QED) is 0.617. The van der Waals surface area contributed by atoms with E-state index in [1.165, 1.54) is 4.68 Å². The van der Waals surface area contributed by atoms with Crippen LogP contribution in [0.15, 0.2) is 0 Å². The van der Waals surface area contributed by atoms with E-state index < -0.39 is 4.92 Å². The maximum atomic E-state index is 12.0. The van der Waals surface area contributed by atoms with Gasteiger partial charge in [-0.15, -0.1) is 0 Å². The van der Waals surface area contributed by atoms with Crippen molar-refractivity contribution in [3.8, 4) is 0 Å². The van der Waals surface area contributed by atoms with Crippen LogP contribution in [0.3, 0.4) is 0 Å². The maximum absolute atomic E-state index is 12.0. The fraction of sp³-hybridized carbons (Fsp3) is 0.714. The molecule has 0 radical (unpaired) electrons. The van der Waals surface area contributed by atoms with Gasteiger partial charge in [0.2, 0.25) is 5.91 Å². The van der Waals surface area contributed by atoms with Crippen LogP contribution in [0.4, 0.5) is 5.69 Å². The van der Waals surface area contributed by atoms with Crippen molar-refractivity contribution >= 4 is 11.6 Å². The second-order valence-corrected chi connectivity index (χ2v) is 5.87. The van der Waals surface area contributed by atoms with E-state index in [0.717, 1.165) is 12.8 Å². The summed E-state index contributed by atoms with van der Waals surface area (Å²) in [6, 6.07) is 0.0897. The highest BCUT2D eigenvalue weighted by Gasteiger charge is 2.22. The molecule has 0 aliphatic carbocycles. The number of carbonyl (C=O) groups excluding carboxylic acids is 1. The number of hydrogen-bond acceptors (Lipinski definition) is 4. The molecule has 7 nitrogen and oxygen atoms in total. The van der Waals surface area contributed by atoms with Crippen molar-refractivity contribution in [2.45, 2.75) is 60.0 Å². The molecule has 0 bridgehead atoms. The summed E-state index contributed by atoms with van der Waals surface area (Å²) in [5.74, 6) is 0.426. The number of amides is 1. The summed E-state index contributed by atoms with van der Waals surface area (Å²) in [6.45, 7) is 9.43. The smallest absolute Gasteiger partial charge is 0.312 e. The van der Waals surface area contributed by atoms with Crippen LogP contribution in [-0.4, -0.2) is 26.7 Å². The number of carbonyl (C=O) groups is 1. The second-order valence-electron chi connectivity index (χ2n) is 5.87. The van der Waals surface area contributed by atoms with Crippen LogP contribution in [0.25, 0.3) is 0 Å². The van der Waals surface area contributed by atoms with Crippen LogP contribution in [0, 0.1) is 29.9 Å². The number of nitrogens with zero attached hydrogens (tertiary/aromatic N) is 3. The zero-order chi connectivity index (χ0) is 16.2. The standard InChI is InChI=1S/C14H24N4O3/c1-9(2)6-7-10(3)15-13(19)8-17-12(5)14(18(20)21)11(4)16-17/h9-10H,6-8H2,1-5H3,(H,15,19). The van der Waals surface area contributed by atoms with Crippen LogP contribution in [-0.2, 0) is 11.3 Å². The van der Waals surface area contributed by atoms with Crippen molar-refractivity contribution < 1.29 is 9.72 Å². The lowest BCUT2D eigenvalue weighted by Gasteiger charge is -2.15. The first kappa shape index (κ1) is 17.1. The van der Waals surface area contributed by atoms with Gasteiger partial charge in [0.05, 0.1) is 4.92 Å². The number of aromatic nitrogens is 2. The SMILES string of the molecule is Cc1nn(CC(=O)NC(C)CCC(C)C)c(C)c1[N+](=O)[O-]. The Labute approximate surface area is 124 Å². The van der Waals surface area contributed by atoms with Crippen LogP contribution in [0.1, 0.15) is 45.0 Å². The second kappa shape index (κ2) is 7.19. The van der Waals surface area contributed by atoms with Gasteiger partial charge in [-0.05, 0) is 39.5 Å². The first-order valence-corrected chi connectivity index (χ1v) is 7.20. The Balaban J connectivity index is 2.63. The molecule has 1 aromatic rings. The zero-order valence-corrected chi connectivity index (χ0v) is 13.3. The Morgan fingerprint density at radius 1 is 1.33 bits per heavy atom. The number of hydrogen-bond donors (Lipinski definition) is 1. The lowest BCUT2D eigenvalue weighted by atomic mass is 10.0. The first-order valence-electron chi connectivity index (χ1n) is 7.20. The topological polar surface area (TPSA) is 90.1 Å². The average molecular weight is 296 g/mol. The molecule has 0 spiro atoms. The number of aryl methyl sites for hydroxylation is 1. The molecule has 0 fully saturated rings. The molecule has 1 unspecified atom stereocenters. The van der Waals surface area contributed by atoms with Gasteiger partial charge in [-0.3, -0.25) is 19.6 Å². The summed E-state index contributed by atoms with van der Waals surface area (Å²) >= 11 is 0. The highest BCUT2D eigenvalue weighted by molar-refractivity contribution is 5.76. The Kier molecular flexibility index (Phi) is 5.87. The molecule has 1 amide bonds. The maximum Gasteiger partial charge on any atom is 0.312 e. The van der Waals surface area contributed by atoms with Crippen LogP contribution in [0.2, 0.25) is 0 Å². The molecular weight excluding hydrogens is 272 g/mol. The largest absolute Gasteiger partial charge is 0.352 e. The molecule has 1 heterocycles. The Morgan fingerprint density at radius 3 is 2.43 bits per heavy atom. The Bertz CT molecular complexity index is 523. The molecule has 118 valence electrons. The summed E-state index contributed by atoms with van der Waals surface area (Å²) in [4.78, 5) is 22.4. The van der Waals surface area contributed by atoms with Crippen LogP contribution in [0.5, 0.6) is 0 Å². The minimum Gasteiger partial charge on any atom is -0.352 e. The normalized spacial score (nSPS) is 12.5. The van der Waals surface area contributed by atoms with E-state index >= 15 is 0 Å². The molecule has 0 saturated heterocycles. The Hall–Kier alpha value is -1.92. The van der Waals surface area contributed by atoms with Gasteiger partial charge < -0.3 is 5.32 Å². The van der Waals surface area contributed by atoms with E-state index in [2.05, 4.69) is 24.3 Å². The molecule has 21 heavy (non-hydrogen) atoms. The fourth-order valence-electron chi connectivity index (χ4n) is 2.22. The first-order chi connectivity index (χ1) is 9.72. The molecule has 0 aliphatic heterocycles. The highest BCUT2D eigenvalue weighted by Crippen LogP contribution is 2.21. The highest BCUT2D eigenvalue weighted by atomic mass is 16.6. The molecule has 7 heteroatoms. The van der Waals surface area contributed by atoms with Gasteiger partial charge in [0.1, 0.15) is 17.9 Å². The molecule has 0 saturated carbocycles. The van der Waals surface area contributed by atoms with Gasteiger partial charge in [0.25, 0.3) is 0 Å². The molecule has 1 atom stereocenters. The van der Waals surface area contributed by atoms with Crippen LogP contribution >= 0.6 is 0 Å². The summed E-state index contributed by atoms with van der Waals surface area (Å²) in [6.07, 6.45) is 1.97. The molecule has 0 aromatic carbocycles. The molecular formula is C14H24N4O3. The van der Waals surface area contributed by atoms with Crippen molar-refractivity contribution in [1.29, 1.82) is 0 Å². The van der Waals surface area contributed by atoms with E-state index in [4.69, 9.17) is 0 Å². The summed E-state index contributed by atoms with van der Waals surface area (Å²) < 4.78 is 1.39. The number of nitrogens with one attached hydrogen (secondary N) is 1. The molecule has 1 rings (SSSR count). The van der Waals surface area contributed by atoms with Gasteiger partial charge in [0.15, 0.2) is 0 Å². The minimum atomic E-state index is -0.461. The third kappa shape index (κ3) is 4.84.